The Morgan fingerprint density at radius 1 is 0.577 bits per heavy atom. The first-order chi connectivity index (χ1) is 11.8. The summed E-state index contributed by atoms with van der Waals surface area (Å²) in [5.41, 5.74) is 0.701. The average Bonchev–Trinajstić information content (AvgIpc) is 2.54. The predicted octanol–water partition coefficient (Wildman–Crippen LogP) is 5.85. The van der Waals surface area contributed by atoms with Crippen molar-refractivity contribution in [3.63, 3.8) is 0 Å². The van der Waals surface area contributed by atoms with E-state index in [1.54, 1.807) is 0 Å². The second-order valence-corrected chi connectivity index (χ2v) is 10.5. The minimum Gasteiger partial charge on any atom is -0.481 e. The van der Waals surface area contributed by atoms with Gasteiger partial charge in [0.05, 0.1) is 11.8 Å². The minimum atomic E-state index is -0.604. The highest BCUT2D eigenvalue weighted by molar-refractivity contribution is 5.70. The summed E-state index contributed by atoms with van der Waals surface area (Å²) < 4.78 is 0. The van der Waals surface area contributed by atoms with Gasteiger partial charge in [-0.25, -0.2) is 0 Å². The van der Waals surface area contributed by atoms with Gasteiger partial charge >= 0.3 is 11.9 Å². The molecule has 4 heteroatoms. The van der Waals surface area contributed by atoms with Gasteiger partial charge in [-0.3, -0.25) is 9.59 Å². The molecular formula is C22H40O4. The number of rotatable bonds is 2. The normalized spacial score (nSPS) is 30.1. The molecule has 0 amide bonds. The second kappa shape index (κ2) is 9.23. The van der Waals surface area contributed by atoms with Crippen LogP contribution in [0.1, 0.15) is 92.9 Å². The summed E-state index contributed by atoms with van der Waals surface area (Å²) in [6.45, 7) is 13.5. The molecule has 2 saturated carbocycles. The van der Waals surface area contributed by atoms with E-state index in [0.29, 0.717) is 22.7 Å². The molecule has 2 aliphatic rings. The monoisotopic (exact) mass is 368 g/mol. The number of hydrogen-bond donors (Lipinski definition) is 2. The van der Waals surface area contributed by atoms with Gasteiger partial charge in [0.25, 0.3) is 0 Å². The van der Waals surface area contributed by atoms with Crippen LogP contribution in [-0.4, -0.2) is 22.2 Å². The van der Waals surface area contributed by atoms with Gasteiger partial charge in [-0.05, 0) is 74.0 Å². The minimum absolute atomic E-state index is 0.0707. The van der Waals surface area contributed by atoms with Crippen molar-refractivity contribution in [2.75, 3.05) is 0 Å². The summed E-state index contributed by atoms with van der Waals surface area (Å²) >= 11 is 0. The van der Waals surface area contributed by atoms with Crippen LogP contribution >= 0.6 is 0 Å². The molecule has 0 spiro atoms. The largest absolute Gasteiger partial charge is 0.481 e. The first-order valence-corrected chi connectivity index (χ1v) is 10.3. The van der Waals surface area contributed by atoms with Crippen molar-refractivity contribution in [1.82, 2.24) is 0 Å². The summed E-state index contributed by atoms with van der Waals surface area (Å²) in [4.78, 5) is 21.4. The van der Waals surface area contributed by atoms with Gasteiger partial charge in [-0.1, -0.05) is 41.5 Å². The van der Waals surface area contributed by atoms with Crippen molar-refractivity contribution in [3.05, 3.63) is 0 Å². The van der Waals surface area contributed by atoms with Crippen LogP contribution in [0.25, 0.3) is 0 Å². The van der Waals surface area contributed by atoms with Crippen LogP contribution in [-0.2, 0) is 9.59 Å². The van der Waals surface area contributed by atoms with Gasteiger partial charge in [0.2, 0.25) is 0 Å². The number of carboxylic acid groups (broad SMARTS) is 2. The smallest absolute Gasteiger partial charge is 0.306 e. The molecule has 2 N–H and O–H groups in total. The van der Waals surface area contributed by atoms with E-state index in [4.69, 9.17) is 10.2 Å². The second-order valence-electron chi connectivity index (χ2n) is 10.5. The standard InChI is InChI=1S/2C11H20O2/c2*1-11(2,3)9-6-4-8(5-7-9)10(12)13/h2*8-9H,4-7H2,1-3H3,(H,12,13). The third-order valence-corrected chi connectivity index (χ3v) is 6.60. The summed E-state index contributed by atoms with van der Waals surface area (Å²) in [5.74, 6) is 0.0723. The highest BCUT2D eigenvalue weighted by atomic mass is 16.4. The van der Waals surface area contributed by atoms with Crippen LogP contribution in [0.2, 0.25) is 0 Å². The van der Waals surface area contributed by atoms with E-state index >= 15 is 0 Å². The first kappa shape index (κ1) is 23.0. The summed E-state index contributed by atoms with van der Waals surface area (Å²) in [5, 5.41) is 17.7. The maximum absolute atomic E-state index is 10.7. The molecule has 0 aliphatic heterocycles. The third-order valence-electron chi connectivity index (χ3n) is 6.60. The van der Waals surface area contributed by atoms with Crippen LogP contribution in [0.3, 0.4) is 0 Å². The molecule has 26 heavy (non-hydrogen) atoms. The van der Waals surface area contributed by atoms with E-state index in [-0.39, 0.29) is 11.8 Å². The summed E-state index contributed by atoms with van der Waals surface area (Å²) in [7, 11) is 0. The number of hydrogen-bond acceptors (Lipinski definition) is 2. The van der Waals surface area contributed by atoms with Crippen LogP contribution in [0.5, 0.6) is 0 Å². The maximum atomic E-state index is 10.7. The Balaban J connectivity index is 0.000000260. The summed E-state index contributed by atoms with van der Waals surface area (Å²) in [6, 6.07) is 0. The van der Waals surface area contributed by atoms with Crippen molar-refractivity contribution < 1.29 is 19.8 Å². The average molecular weight is 369 g/mol. The lowest BCUT2D eigenvalue weighted by Crippen LogP contribution is -2.28. The lowest BCUT2D eigenvalue weighted by atomic mass is 9.70. The lowest BCUT2D eigenvalue weighted by Gasteiger charge is -2.35. The fourth-order valence-corrected chi connectivity index (χ4v) is 4.41. The Bertz CT molecular complexity index is 410. The van der Waals surface area contributed by atoms with Crippen molar-refractivity contribution in [2.24, 2.45) is 34.5 Å². The summed E-state index contributed by atoms with van der Waals surface area (Å²) in [6.07, 6.45) is 7.82. The molecule has 0 heterocycles. The third kappa shape index (κ3) is 7.28. The fourth-order valence-electron chi connectivity index (χ4n) is 4.41. The molecule has 2 fully saturated rings. The zero-order chi connectivity index (χ0) is 20.1. The first-order valence-electron chi connectivity index (χ1n) is 10.3. The molecule has 0 saturated heterocycles. The molecular weight excluding hydrogens is 328 g/mol. The van der Waals surface area contributed by atoms with E-state index in [1.165, 1.54) is 0 Å². The zero-order valence-corrected chi connectivity index (χ0v) is 17.7. The van der Waals surface area contributed by atoms with Gasteiger partial charge in [0, 0.05) is 0 Å². The molecule has 2 aliphatic carbocycles. The Morgan fingerprint density at radius 3 is 0.962 bits per heavy atom. The van der Waals surface area contributed by atoms with Crippen LogP contribution < -0.4 is 0 Å². The molecule has 0 atom stereocenters. The van der Waals surface area contributed by atoms with Crippen LogP contribution in [0.4, 0.5) is 0 Å². The molecule has 0 unspecified atom stereocenters. The maximum Gasteiger partial charge on any atom is 0.306 e. The number of carboxylic acids is 2. The van der Waals surface area contributed by atoms with E-state index < -0.39 is 11.9 Å². The molecule has 2 rings (SSSR count). The van der Waals surface area contributed by atoms with Crippen LogP contribution in [0.15, 0.2) is 0 Å². The number of aliphatic carboxylic acids is 2. The topological polar surface area (TPSA) is 74.6 Å². The predicted molar refractivity (Wildman–Crippen MR) is 105 cm³/mol. The molecule has 0 aromatic carbocycles. The van der Waals surface area contributed by atoms with Crippen molar-refractivity contribution in [2.45, 2.75) is 92.9 Å². The van der Waals surface area contributed by atoms with Gasteiger partial charge in [0.1, 0.15) is 0 Å². The quantitative estimate of drug-likeness (QED) is 0.641. The lowest BCUT2D eigenvalue weighted by molar-refractivity contribution is -0.144. The highest BCUT2D eigenvalue weighted by Gasteiger charge is 2.33. The molecule has 0 aromatic rings. The zero-order valence-electron chi connectivity index (χ0n) is 17.7. The van der Waals surface area contributed by atoms with Gasteiger partial charge < -0.3 is 10.2 Å². The molecule has 0 radical (unpaired) electrons. The van der Waals surface area contributed by atoms with E-state index in [1.807, 2.05) is 0 Å². The Labute approximate surface area is 159 Å². The molecule has 4 nitrogen and oxygen atoms in total. The Morgan fingerprint density at radius 2 is 0.808 bits per heavy atom. The van der Waals surface area contributed by atoms with Crippen molar-refractivity contribution in [1.29, 1.82) is 0 Å². The van der Waals surface area contributed by atoms with E-state index in [9.17, 15) is 9.59 Å². The van der Waals surface area contributed by atoms with Crippen molar-refractivity contribution >= 4 is 11.9 Å². The highest BCUT2D eigenvalue weighted by Crippen LogP contribution is 2.40. The van der Waals surface area contributed by atoms with Crippen LogP contribution in [0, 0.1) is 34.5 Å². The van der Waals surface area contributed by atoms with Gasteiger partial charge in [-0.2, -0.15) is 0 Å². The van der Waals surface area contributed by atoms with E-state index in [0.717, 1.165) is 51.4 Å². The SMILES string of the molecule is CC(C)(C)C1CCC(C(=O)O)CC1.CC(C)(C)C1CCC(C(=O)O)CC1. The van der Waals surface area contributed by atoms with Crippen molar-refractivity contribution in [3.8, 4) is 0 Å². The molecule has 0 aromatic heterocycles. The van der Waals surface area contributed by atoms with Gasteiger partial charge in [0.15, 0.2) is 0 Å². The molecule has 152 valence electrons. The van der Waals surface area contributed by atoms with Gasteiger partial charge in [-0.15, -0.1) is 0 Å². The Kier molecular flexibility index (Phi) is 8.16. The molecule has 0 bridgehead atoms. The number of carbonyl (C=O) groups is 2. The van der Waals surface area contributed by atoms with E-state index in [2.05, 4.69) is 41.5 Å². The Hall–Kier alpha value is -1.06. The fraction of sp³-hybridized carbons (Fsp3) is 0.909.